The first-order valence-corrected chi connectivity index (χ1v) is 6.35. The third-order valence-corrected chi connectivity index (χ3v) is 2.63. The van der Waals surface area contributed by atoms with Crippen molar-refractivity contribution in [2.45, 2.75) is 19.3 Å². The maximum atomic E-state index is 5.63. The van der Waals surface area contributed by atoms with Gasteiger partial charge in [0.1, 0.15) is 0 Å². The Bertz CT molecular complexity index is 83.8. The summed E-state index contributed by atoms with van der Waals surface area (Å²) in [5.41, 5.74) is 0. The molecule has 0 fully saturated rings. The standard InChI is InChI=1S/C9H18Cl3N.ClH/c10-4-1-7-13(8-2-5-11)9-3-6-12;/h1-9H2;1H. The van der Waals surface area contributed by atoms with Crippen molar-refractivity contribution in [3.8, 4) is 0 Å². The van der Waals surface area contributed by atoms with Crippen molar-refractivity contribution in [2.24, 2.45) is 0 Å². The van der Waals surface area contributed by atoms with Gasteiger partial charge in [0.15, 0.2) is 0 Å². The summed E-state index contributed by atoms with van der Waals surface area (Å²) in [6, 6.07) is 0. The maximum absolute atomic E-state index is 5.63. The zero-order chi connectivity index (χ0) is 9.94. The third kappa shape index (κ3) is 11.2. The van der Waals surface area contributed by atoms with Gasteiger partial charge in [0.05, 0.1) is 0 Å². The summed E-state index contributed by atoms with van der Waals surface area (Å²) in [6.45, 7) is 3.20. The van der Waals surface area contributed by atoms with E-state index < -0.39 is 0 Å². The molecule has 0 radical (unpaired) electrons. The van der Waals surface area contributed by atoms with Crippen LogP contribution < -0.4 is 0 Å². The number of alkyl halides is 3. The Hall–Kier alpha value is 1.12. The predicted octanol–water partition coefficient (Wildman–Crippen LogP) is 3.60. The molecular weight excluding hydrogens is 264 g/mol. The van der Waals surface area contributed by atoms with Crippen molar-refractivity contribution in [1.82, 2.24) is 4.90 Å². The molecule has 5 heteroatoms. The van der Waals surface area contributed by atoms with Gasteiger partial charge < -0.3 is 4.90 Å². The molecule has 0 N–H and O–H groups in total. The van der Waals surface area contributed by atoms with Gasteiger partial charge in [0.2, 0.25) is 0 Å². The first-order valence-electron chi connectivity index (χ1n) is 4.75. The van der Waals surface area contributed by atoms with Crippen molar-refractivity contribution in [3.63, 3.8) is 0 Å². The lowest BCUT2D eigenvalue weighted by Gasteiger charge is -2.20. The van der Waals surface area contributed by atoms with Crippen LogP contribution in [0, 0.1) is 0 Å². The van der Waals surface area contributed by atoms with Gasteiger partial charge in [0, 0.05) is 17.6 Å². The van der Waals surface area contributed by atoms with Crippen LogP contribution in [0.4, 0.5) is 0 Å². The highest BCUT2D eigenvalue weighted by atomic mass is 35.5. The minimum Gasteiger partial charge on any atom is -0.303 e. The average Bonchev–Trinajstić information content (AvgIpc) is 2.17. The Morgan fingerprint density at radius 2 is 0.929 bits per heavy atom. The molecule has 0 aliphatic carbocycles. The van der Waals surface area contributed by atoms with Gasteiger partial charge in [-0.25, -0.2) is 0 Å². The van der Waals surface area contributed by atoms with Crippen molar-refractivity contribution in [3.05, 3.63) is 0 Å². The maximum Gasteiger partial charge on any atom is 0.0235 e. The lowest BCUT2D eigenvalue weighted by atomic mass is 10.3. The van der Waals surface area contributed by atoms with E-state index in [4.69, 9.17) is 34.8 Å². The highest BCUT2D eigenvalue weighted by Gasteiger charge is 2.02. The summed E-state index contributed by atoms with van der Waals surface area (Å²) in [7, 11) is 0. The van der Waals surface area contributed by atoms with Crippen LogP contribution >= 0.6 is 47.2 Å². The van der Waals surface area contributed by atoms with E-state index in [0.717, 1.165) is 56.5 Å². The molecule has 0 unspecified atom stereocenters. The van der Waals surface area contributed by atoms with Crippen LogP contribution in [-0.4, -0.2) is 42.2 Å². The van der Waals surface area contributed by atoms with E-state index >= 15 is 0 Å². The molecule has 0 aromatic carbocycles. The Morgan fingerprint density at radius 1 is 0.643 bits per heavy atom. The molecule has 1 nitrogen and oxygen atoms in total. The molecule has 0 rings (SSSR count). The van der Waals surface area contributed by atoms with E-state index in [0.29, 0.717) is 0 Å². The van der Waals surface area contributed by atoms with Gasteiger partial charge >= 0.3 is 0 Å². The molecule has 88 valence electrons. The molecule has 0 aliphatic heterocycles. The molecule has 14 heavy (non-hydrogen) atoms. The predicted molar refractivity (Wildman–Crippen MR) is 69.7 cm³/mol. The zero-order valence-electron chi connectivity index (χ0n) is 8.35. The van der Waals surface area contributed by atoms with Crippen LogP contribution in [0.5, 0.6) is 0 Å². The third-order valence-electron chi connectivity index (χ3n) is 1.82. The minimum absolute atomic E-state index is 0. The normalized spacial score (nSPS) is 10.3. The summed E-state index contributed by atoms with van der Waals surface area (Å²) in [4.78, 5) is 2.38. The minimum atomic E-state index is 0. The van der Waals surface area contributed by atoms with Crippen molar-refractivity contribution >= 4 is 47.2 Å². The molecule has 0 bridgehead atoms. The van der Waals surface area contributed by atoms with Crippen LogP contribution in [0.1, 0.15) is 19.3 Å². The topological polar surface area (TPSA) is 3.24 Å². The molecule has 0 saturated heterocycles. The highest BCUT2D eigenvalue weighted by Crippen LogP contribution is 1.99. The van der Waals surface area contributed by atoms with Gasteiger partial charge in [-0.2, -0.15) is 0 Å². The molecule has 0 heterocycles. The molecule has 0 aliphatic rings. The molecule has 0 saturated carbocycles. The van der Waals surface area contributed by atoms with E-state index in [1.807, 2.05) is 0 Å². The van der Waals surface area contributed by atoms with Crippen LogP contribution in [-0.2, 0) is 0 Å². The van der Waals surface area contributed by atoms with E-state index in [2.05, 4.69) is 4.90 Å². The Morgan fingerprint density at radius 3 is 1.14 bits per heavy atom. The number of nitrogens with zero attached hydrogens (tertiary/aromatic N) is 1. The van der Waals surface area contributed by atoms with E-state index in [1.165, 1.54) is 0 Å². The van der Waals surface area contributed by atoms with E-state index in [1.54, 1.807) is 0 Å². The smallest absolute Gasteiger partial charge is 0.0235 e. The number of rotatable bonds is 9. The van der Waals surface area contributed by atoms with Gasteiger partial charge in [-0.3, -0.25) is 0 Å². The second-order valence-corrected chi connectivity index (χ2v) is 4.10. The van der Waals surface area contributed by atoms with Crippen molar-refractivity contribution < 1.29 is 0 Å². The van der Waals surface area contributed by atoms with Gasteiger partial charge in [-0.15, -0.1) is 47.2 Å². The fraction of sp³-hybridized carbons (Fsp3) is 1.00. The molecule has 0 aromatic rings. The lowest BCUT2D eigenvalue weighted by molar-refractivity contribution is 0.277. The monoisotopic (exact) mass is 281 g/mol. The summed E-state index contributed by atoms with van der Waals surface area (Å²) in [5.74, 6) is 2.20. The van der Waals surface area contributed by atoms with Gasteiger partial charge in [-0.05, 0) is 38.9 Å². The van der Waals surface area contributed by atoms with Crippen LogP contribution in [0.15, 0.2) is 0 Å². The van der Waals surface area contributed by atoms with Crippen LogP contribution in [0.3, 0.4) is 0 Å². The van der Waals surface area contributed by atoms with E-state index in [9.17, 15) is 0 Å². The molecule has 0 aromatic heterocycles. The second kappa shape index (κ2) is 14.1. The summed E-state index contributed by atoms with van der Waals surface area (Å²) in [5, 5.41) is 0. The number of hydrogen-bond donors (Lipinski definition) is 0. The molecule has 0 atom stereocenters. The van der Waals surface area contributed by atoms with Crippen LogP contribution in [0.2, 0.25) is 0 Å². The fourth-order valence-electron chi connectivity index (χ4n) is 1.19. The first kappa shape index (κ1) is 17.5. The summed E-state index contributed by atoms with van der Waals surface area (Å²) in [6.07, 6.45) is 3.14. The Balaban J connectivity index is 0. The highest BCUT2D eigenvalue weighted by molar-refractivity contribution is 6.18. The van der Waals surface area contributed by atoms with Gasteiger partial charge in [-0.1, -0.05) is 0 Å². The van der Waals surface area contributed by atoms with Gasteiger partial charge in [0.25, 0.3) is 0 Å². The zero-order valence-corrected chi connectivity index (χ0v) is 11.4. The Labute approximate surface area is 108 Å². The second-order valence-electron chi connectivity index (χ2n) is 2.97. The Kier molecular flexibility index (Phi) is 17.7. The first-order chi connectivity index (χ1) is 6.35. The summed E-state index contributed by atoms with van der Waals surface area (Å²) < 4.78 is 0. The number of halogens is 4. The number of hydrogen-bond acceptors (Lipinski definition) is 1. The SMILES string of the molecule is Cl.ClCCCN(CCCCl)CCCCl. The lowest BCUT2D eigenvalue weighted by Crippen LogP contribution is -2.28. The molecular formula is C9H19Cl4N. The summed E-state index contributed by atoms with van der Waals surface area (Å²) >= 11 is 16.9. The molecule has 0 spiro atoms. The van der Waals surface area contributed by atoms with Crippen LogP contribution in [0.25, 0.3) is 0 Å². The fourth-order valence-corrected chi connectivity index (χ4v) is 1.54. The average molecular weight is 283 g/mol. The van der Waals surface area contributed by atoms with Crippen molar-refractivity contribution in [2.75, 3.05) is 37.3 Å². The molecule has 0 amide bonds. The quantitative estimate of drug-likeness (QED) is 0.584. The largest absolute Gasteiger partial charge is 0.303 e. The van der Waals surface area contributed by atoms with Crippen molar-refractivity contribution in [1.29, 1.82) is 0 Å². The van der Waals surface area contributed by atoms with E-state index in [-0.39, 0.29) is 12.4 Å².